The molecule has 0 heterocycles. The van der Waals surface area contributed by atoms with Crippen molar-refractivity contribution in [2.75, 3.05) is 0 Å². The summed E-state index contributed by atoms with van der Waals surface area (Å²) in [5.74, 6) is -2.10. The number of rotatable bonds is 3. The summed E-state index contributed by atoms with van der Waals surface area (Å²) >= 11 is 0. The van der Waals surface area contributed by atoms with Crippen molar-refractivity contribution in [2.45, 2.75) is 20.3 Å². The number of hydrogen-bond acceptors (Lipinski definition) is 2. The Morgan fingerprint density at radius 2 is 1.90 bits per heavy atom. The molecule has 0 aliphatic heterocycles. The monoisotopic (exact) mass is 220 g/mol. The summed E-state index contributed by atoms with van der Waals surface area (Å²) in [7, 11) is 0. The zero-order valence-electron chi connectivity index (χ0n) is 6.05. The maximum absolute atomic E-state index is 10.4. The first kappa shape index (κ1) is 12.7. The van der Waals surface area contributed by atoms with Gasteiger partial charge in [-0.1, -0.05) is 6.92 Å². The third-order valence-electron chi connectivity index (χ3n) is 1.20. The smallest absolute Gasteiger partial charge is 0.314 e. The Morgan fingerprint density at radius 1 is 1.50 bits per heavy atom. The topological polar surface area (TPSA) is 54.4 Å². The van der Waals surface area contributed by atoms with Gasteiger partial charge < -0.3 is 5.11 Å². The van der Waals surface area contributed by atoms with Crippen molar-refractivity contribution in [1.82, 2.24) is 0 Å². The van der Waals surface area contributed by atoms with Crippen molar-refractivity contribution in [3.63, 3.8) is 0 Å². The molecule has 0 amide bonds. The van der Waals surface area contributed by atoms with E-state index in [0.29, 0.717) is 6.42 Å². The molecule has 4 heteroatoms. The third kappa shape index (κ3) is 3.94. The van der Waals surface area contributed by atoms with Gasteiger partial charge in [-0.2, -0.15) is 0 Å². The molecule has 1 N–H and O–H groups in total. The molecule has 0 aromatic rings. The van der Waals surface area contributed by atoms with Crippen LogP contribution in [-0.2, 0) is 35.8 Å². The summed E-state index contributed by atoms with van der Waals surface area (Å²) < 4.78 is 0. The van der Waals surface area contributed by atoms with E-state index < -0.39 is 11.9 Å². The van der Waals surface area contributed by atoms with E-state index in [-0.39, 0.29) is 32.0 Å². The number of carboxylic acid groups (broad SMARTS) is 1. The van der Waals surface area contributed by atoms with Crippen LogP contribution in [0.3, 0.4) is 0 Å². The molecule has 0 saturated heterocycles. The van der Waals surface area contributed by atoms with Crippen LogP contribution < -0.4 is 0 Å². The van der Waals surface area contributed by atoms with Crippen LogP contribution in [0.2, 0.25) is 0 Å². The maximum Gasteiger partial charge on any atom is 0.314 e. The van der Waals surface area contributed by atoms with E-state index in [1.807, 2.05) is 0 Å². The molecule has 0 saturated carbocycles. The largest absolute Gasteiger partial charge is 0.481 e. The molecule has 56 valence electrons. The number of carbonyl (C=O) groups is 2. The Labute approximate surface area is 78.9 Å². The summed E-state index contributed by atoms with van der Waals surface area (Å²) in [5, 5.41) is 8.32. The minimum atomic E-state index is -1.02. The van der Waals surface area contributed by atoms with E-state index >= 15 is 0 Å². The molecule has 1 unspecified atom stereocenters. The van der Waals surface area contributed by atoms with Crippen LogP contribution in [0.5, 0.6) is 0 Å². The molecule has 0 radical (unpaired) electrons. The average Bonchev–Trinajstić information content (AvgIpc) is 1.64. The van der Waals surface area contributed by atoms with Gasteiger partial charge in [0.1, 0.15) is 11.7 Å². The molecule has 0 aliphatic carbocycles. The molecule has 3 nitrogen and oxygen atoms in total. The van der Waals surface area contributed by atoms with Gasteiger partial charge in [-0.05, 0) is 13.3 Å². The van der Waals surface area contributed by atoms with Crippen LogP contribution in [0, 0.1) is 5.92 Å². The van der Waals surface area contributed by atoms with Crippen LogP contribution >= 0.6 is 0 Å². The van der Waals surface area contributed by atoms with Gasteiger partial charge in [0.2, 0.25) is 0 Å². The Kier molecular flexibility index (Phi) is 7.33. The van der Waals surface area contributed by atoms with Gasteiger partial charge >= 0.3 is 5.97 Å². The van der Waals surface area contributed by atoms with Gasteiger partial charge in [0, 0.05) is 26.2 Å². The zero-order valence-corrected chi connectivity index (χ0v) is 8.51. The number of Topliss-reactive ketones (excluding diaryl/α,β-unsaturated/α-hetero) is 1. The molecule has 0 fully saturated rings. The Bertz CT molecular complexity index is 119. The quantitative estimate of drug-likeness (QED) is 0.713. The van der Waals surface area contributed by atoms with E-state index in [1.165, 1.54) is 6.92 Å². The fraction of sp³-hybridized carbons (Fsp3) is 0.667. The van der Waals surface area contributed by atoms with Crippen LogP contribution in [0.1, 0.15) is 20.3 Å². The molecule has 10 heavy (non-hydrogen) atoms. The van der Waals surface area contributed by atoms with Gasteiger partial charge in [-0.25, -0.2) is 0 Å². The predicted octanol–water partition coefficient (Wildman–Crippen LogP) is 0.684. The normalized spacial score (nSPS) is 11.4. The summed E-state index contributed by atoms with van der Waals surface area (Å²) in [6.07, 6.45) is 0.380. The molecule has 0 rings (SSSR count). The summed E-state index contributed by atoms with van der Waals surface area (Å²) in [6.45, 7) is 2.97. The minimum Gasteiger partial charge on any atom is -0.481 e. The standard InChI is InChI=1S/C6H10O3.Zr/c1-3-5(4(2)7)6(8)9;/h5H,3H2,1-2H3,(H,8,9);. The first-order valence-corrected chi connectivity index (χ1v) is 2.82. The van der Waals surface area contributed by atoms with E-state index in [1.54, 1.807) is 6.92 Å². The Balaban J connectivity index is 0. The van der Waals surface area contributed by atoms with Crippen LogP contribution in [0.25, 0.3) is 0 Å². The number of ketones is 1. The summed E-state index contributed by atoms with van der Waals surface area (Å²) in [6, 6.07) is 0. The van der Waals surface area contributed by atoms with Gasteiger partial charge in [-0.15, -0.1) is 0 Å². The minimum absolute atomic E-state index is 0. The van der Waals surface area contributed by atoms with Crippen molar-refractivity contribution < 1.29 is 40.9 Å². The van der Waals surface area contributed by atoms with Gasteiger partial charge in [0.25, 0.3) is 0 Å². The van der Waals surface area contributed by atoms with E-state index in [2.05, 4.69) is 0 Å². The second-order valence-corrected chi connectivity index (χ2v) is 1.91. The van der Waals surface area contributed by atoms with Crippen molar-refractivity contribution in [3.05, 3.63) is 0 Å². The van der Waals surface area contributed by atoms with Gasteiger partial charge in [0.15, 0.2) is 0 Å². The third-order valence-corrected chi connectivity index (χ3v) is 1.20. The SMILES string of the molecule is CCC(C(C)=O)C(=O)O.[Zr]. The fourth-order valence-electron chi connectivity index (χ4n) is 0.636. The summed E-state index contributed by atoms with van der Waals surface area (Å²) in [4.78, 5) is 20.6. The molecule has 1 atom stereocenters. The average molecular weight is 221 g/mol. The molecule has 0 aromatic heterocycles. The molecular formula is C6H10O3Zr. The van der Waals surface area contributed by atoms with Crippen molar-refractivity contribution in [2.24, 2.45) is 5.92 Å². The molecular weight excluding hydrogens is 211 g/mol. The first-order chi connectivity index (χ1) is 4.09. The van der Waals surface area contributed by atoms with Crippen molar-refractivity contribution in [1.29, 1.82) is 0 Å². The van der Waals surface area contributed by atoms with E-state index in [9.17, 15) is 9.59 Å². The number of carboxylic acids is 1. The zero-order chi connectivity index (χ0) is 7.44. The molecule has 0 aliphatic rings. The Hall–Kier alpha value is 0.0231. The maximum atomic E-state index is 10.4. The second-order valence-electron chi connectivity index (χ2n) is 1.91. The first-order valence-electron chi connectivity index (χ1n) is 2.82. The number of hydrogen-bond donors (Lipinski definition) is 1. The predicted molar refractivity (Wildman–Crippen MR) is 32.1 cm³/mol. The molecule has 0 bridgehead atoms. The van der Waals surface area contributed by atoms with Gasteiger partial charge in [0.05, 0.1) is 0 Å². The molecule has 0 aromatic carbocycles. The van der Waals surface area contributed by atoms with Crippen molar-refractivity contribution in [3.8, 4) is 0 Å². The van der Waals surface area contributed by atoms with E-state index in [0.717, 1.165) is 0 Å². The number of carbonyl (C=O) groups excluding carboxylic acids is 1. The van der Waals surface area contributed by atoms with Gasteiger partial charge in [-0.3, -0.25) is 9.59 Å². The van der Waals surface area contributed by atoms with Crippen LogP contribution in [-0.4, -0.2) is 16.9 Å². The van der Waals surface area contributed by atoms with Crippen molar-refractivity contribution >= 4 is 11.8 Å². The Morgan fingerprint density at radius 3 is 1.90 bits per heavy atom. The molecule has 0 spiro atoms. The van der Waals surface area contributed by atoms with Crippen LogP contribution in [0.15, 0.2) is 0 Å². The van der Waals surface area contributed by atoms with E-state index in [4.69, 9.17) is 5.11 Å². The van der Waals surface area contributed by atoms with Crippen LogP contribution in [0.4, 0.5) is 0 Å². The number of aliphatic carboxylic acids is 1. The summed E-state index contributed by atoms with van der Waals surface area (Å²) in [5.41, 5.74) is 0. The fourth-order valence-corrected chi connectivity index (χ4v) is 0.636. The second kappa shape index (κ2) is 5.78.